The number of thiophene rings is 1. The lowest BCUT2D eigenvalue weighted by Crippen LogP contribution is -2.21. The molecule has 1 aromatic carbocycles. The molecule has 2 aromatic heterocycles. The molecule has 0 radical (unpaired) electrons. The number of amides is 1. The number of para-hydroxylation sites is 1. The van der Waals surface area contributed by atoms with Crippen LogP contribution in [0.25, 0.3) is 11.0 Å². The molecule has 8 heteroatoms. The number of aryl methyl sites for hydroxylation is 2. The Balaban J connectivity index is 1.66. The van der Waals surface area contributed by atoms with E-state index in [2.05, 4.69) is 5.32 Å². The number of hydrogen-bond donors (Lipinski definition) is 1. The van der Waals surface area contributed by atoms with Gasteiger partial charge in [-0.2, -0.15) is 0 Å². The quantitative estimate of drug-likeness (QED) is 0.577. The summed E-state index contributed by atoms with van der Waals surface area (Å²) < 4.78 is 15.7. The largest absolute Gasteiger partial charge is 0.462 e. The second kappa shape index (κ2) is 8.91. The van der Waals surface area contributed by atoms with Crippen LogP contribution in [0.1, 0.15) is 45.2 Å². The third kappa shape index (κ3) is 4.48. The van der Waals surface area contributed by atoms with Crippen molar-refractivity contribution in [3.8, 4) is 0 Å². The van der Waals surface area contributed by atoms with Gasteiger partial charge in [0.25, 0.3) is 5.91 Å². The van der Waals surface area contributed by atoms with E-state index in [4.69, 9.17) is 13.9 Å². The summed E-state index contributed by atoms with van der Waals surface area (Å²) >= 11 is 1.29. The summed E-state index contributed by atoms with van der Waals surface area (Å²) in [7, 11) is 0. The normalized spacial score (nSPS) is 10.7. The van der Waals surface area contributed by atoms with Crippen molar-refractivity contribution >= 4 is 45.2 Å². The smallest absolute Gasteiger partial charge is 0.375 e. The first-order valence-electron chi connectivity index (χ1n) is 9.19. The predicted octanol–water partition coefficient (Wildman–Crippen LogP) is 4.34. The molecule has 0 aliphatic carbocycles. The van der Waals surface area contributed by atoms with Gasteiger partial charge < -0.3 is 19.2 Å². The van der Waals surface area contributed by atoms with Crippen molar-refractivity contribution in [3.63, 3.8) is 0 Å². The number of carbonyl (C=O) groups is 3. The van der Waals surface area contributed by atoms with Crippen molar-refractivity contribution in [2.24, 2.45) is 0 Å². The molecule has 2 heterocycles. The van der Waals surface area contributed by atoms with Crippen molar-refractivity contribution in [1.29, 1.82) is 0 Å². The SMILES string of the molecule is CCOC(=O)c1cc(CC)sc1NC(=O)COC(=O)c1oc2ccccc2c1C. The maximum absolute atomic E-state index is 12.3. The molecule has 0 saturated carbocycles. The molecule has 0 atom stereocenters. The molecule has 0 saturated heterocycles. The number of ether oxygens (including phenoxy) is 2. The first-order valence-corrected chi connectivity index (χ1v) is 10.0. The third-order valence-electron chi connectivity index (χ3n) is 4.24. The first-order chi connectivity index (χ1) is 13.9. The highest BCUT2D eigenvalue weighted by molar-refractivity contribution is 7.16. The van der Waals surface area contributed by atoms with Crippen molar-refractivity contribution < 1.29 is 28.3 Å². The van der Waals surface area contributed by atoms with E-state index in [0.717, 1.165) is 10.3 Å². The van der Waals surface area contributed by atoms with E-state index >= 15 is 0 Å². The summed E-state index contributed by atoms with van der Waals surface area (Å²) in [6.45, 7) is 5.15. The zero-order valence-electron chi connectivity index (χ0n) is 16.4. The van der Waals surface area contributed by atoms with Crippen LogP contribution in [0.2, 0.25) is 0 Å². The first kappa shape index (κ1) is 20.6. The monoisotopic (exact) mass is 415 g/mol. The fourth-order valence-electron chi connectivity index (χ4n) is 2.80. The Bertz CT molecular complexity index is 1060. The fraction of sp³-hybridized carbons (Fsp3) is 0.286. The van der Waals surface area contributed by atoms with Crippen LogP contribution in [0.5, 0.6) is 0 Å². The lowest BCUT2D eigenvalue weighted by Gasteiger charge is -2.06. The molecule has 0 bridgehead atoms. The second-order valence-electron chi connectivity index (χ2n) is 6.21. The van der Waals surface area contributed by atoms with Crippen LogP contribution in [-0.4, -0.2) is 31.1 Å². The predicted molar refractivity (Wildman–Crippen MR) is 110 cm³/mol. The van der Waals surface area contributed by atoms with Gasteiger partial charge in [-0.05, 0) is 32.4 Å². The van der Waals surface area contributed by atoms with Gasteiger partial charge in [-0.1, -0.05) is 25.1 Å². The van der Waals surface area contributed by atoms with Gasteiger partial charge in [-0.3, -0.25) is 4.79 Å². The molecule has 1 N–H and O–H groups in total. The zero-order chi connectivity index (χ0) is 21.0. The highest BCUT2D eigenvalue weighted by atomic mass is 32.1. The minimum absolute atomic E-state index is 0.0654. The average Bonchev–Trinajstić information content (AvgIpc) is 3.28. The van der Waals surface area contributed by atoms with E-state index in [1.165, 1.54) is 11.3 Å². The van der Waals surface area contributed by atoms with Crippen LogP contribution in [0.15, 0.2) is 34.7 Å². The van der Waals surface area contributed by atoms with Gasteiger partial charge in [0.1, 0.15) is 10.6 Å². The van der Waals surface area contributed by atoms with Crippen molar-refractivity contribution in [3.05, 3.63) is 52.1 Å². The molecule has 0 aliphatic rings. The van der Waals surface area contributed by atoms with E-state index in [-0.39, 0.29) is 12.4 Å². The van der Waals surface area contributed by atoms with Crippen LogP contribution in [-0.2, 0) is 20.7 Å². The van der Waals surface area contributed by atoms with E-state index in [0.29, 0.717) is 28.1 Å². The van der Waals surface area contributed by atoms with Crippen LogP contribution >= 0.6 is 11.3 Å². The summed E-state index contributed by atoms with van der Waals surface area (Å²) in [5.74, 6) is -1.72. The molecule has 0 fully saturated rings. The Hall–Kier alpha value is -3.13. The van der Waals surface area contributed by atoms with Gasteiger partial charge in [-0.15, -0.1) is 11.3 Å². The van der Waals surface area contributed by atoms with Gasteiger partial charge in [0.2, 0.25) is 5.76 Å². The number of esters is 2. The highest BCUT2D eigenvalue weighted by Crippen LogP contribution is 2.29. The molecule has 1 amide bonds. The summed E-state index contributed by atoms with van der Waals surface area (Å²) in [6, 6.07) is 8.95. The second-order valence-corrected chi connectivity index (χ2v) is 7.34. The van der Waals surface area contributed by atoms with Gasteiger partial charge in [-0.25, -0.2) is 9.59 Å². The third-order valence-corrected chi connectivity index (χ3v) is 5.44. The number of carbonyl (C=O) groups excluding carboxylic acids is 3. The number of anilines is 1. The number of benzene rings is 1. The molecule has 0 unspecified atom stereocenters. The molecule has 152 valence electrons. The number of hydrogen-bond acceptors (Lipinski definition) is 7. The number of fused-ring (bicyclic) bond motifs is 1. The molecule has 0 spiro atoms. The lowest BCUT2D eigenvalue weighted by molar-refractivity contribution is -0.119. The molecule has 0 aliphatic heterocycles. The Kier molecular flexibility index (Phi) is 6.33. The summed E-state index contributed by atoms with van der Waals surface area (Å²) in [6.07, 6.45) is 0.716. The Morgan fingerprint density at radius 2 is 1.86 bits per heavy atom. The van der Waals surface area contributed by atoms with Crippen molar-refractivity contribution in [2.45, 2.75) is 27.2 Å². The molecular weight excluding hydrogens is 394 g/mol. The van der Waals surface area contributed by atoms with E-state index in [1.807, 2.05) is 19.1 Å². The van der Waals surface area contributed by atoms with E-state index in [1.54, 1.807) is 32.0 Å². The molecule has 7 nitrogen and oxygen atoms in total. The molecular formula is C21H21NO6S. The standard InChI is InChI=1S/C21H21NO6S/c1-4-13-10-15(20(24)26-5-2)19(29-13)22-17(23)11-27-21(25)18-12(3)14-8-6-7-9-16(14)28-18/h6-10H,4-5,11H2,1-3H3,(H,22,23). The number of rotatable bonds is 7. The highest BCUT2D eigenvalue weighted by Gasteiger charge is 2.22. The fourth-order valence-corrected chi connectivity index (χ4v) is 3.80. The maximum Gasteiger partial charge on any atom is 0.375 e. The molecule has 3 aromatic rings. The Morgan fingerprint density at radius 3 is 2.55 bits per heavy atom. The summed E-state index contributed by atoms with van der Waals surface area (Å²) in [4.78, 5) is 37.6. The number of furan rings is 1. The van der Waals surface area contributed by atoms with Crippen molar-refractivity contribution in [2.75, 3.05) is 18.5 Å². The van der Waals surface area contributed by atoms with Gasteiger partial charge >= 0.3 is 11.9 Å². The van der Waals surface area contributed by atoms with Crippen LogP contribution in [0.3, 0.4) is 0 Å². The molecule has 29 heavy (non-hydrogen) atoms. The van der Waals surface area contributed by atoms with Gasteiger partial charge in [0, 0.05) is 15.8 Å². The van der Waals surface area contributed by atoms with Gasteiger partial charge in [0.15, 0.2) is 6.61 Å². The van der Waals surface area contributed by atoms with Crippen LogP contribution < -0.4 is 5.32 Å². The maximum atomic E-state index is 12.3. The lowest BCUT2D eigenvalue weighted by atomic mass is 10.1. The van der Waals surface area contributed by atoms with Crippen LogP contribution in [0, 0.1) is 6.92 Å². The minimum Gasteiger partial charge on any atom is -0.462 e. The number of nitrogens with one attached hydrogen (secondary N) is 1. The van der Waals surface area contributed by atoms with Crippen molar-refractivity contribution in [1.82, 2.24) is 0 Å². The van der Waals surface area contributed by atoms with E-state index < -0.39 is 24.5 Å². The van der Waals surface area contributed by atoms with Gasteiger partial charge in [0.05, 0.1) is 12.2 Å². The molecule has 3 rings (SSSR count). The Morgan fingerprint density at radius 1 is 1.10 bits per heavy atom. The summed E-state index contributed by atoms with van der Waals surface area (Å²) in [5.41, 5.74) is 1.52. The zero-order valence-corrected chi connectivity index (χ0v) is 17.2. The average molecular weight is 415 g/mol. The minimum atomic E-state index is -0.722. The van der Waals surface area contributed by atoms with E-state index in [9.17, 15) is 14.4 Å². The van der Waals surface area contributed by atoms with Crippen LogP contribution in [0.4, 0.5) is 5.00 Å². The topological polar surface area (TPSA) is 94.8 Å². The Labute approximate surface area is 171 Å². The summed E-state index contributed by atoms with van der Waals surface area (Å²) in [5, 5.41) is 3.81.